The van der Waals surface area contributed by atoms with Crippen LogP contribution in [-0.4, -0.2) is 28.7 Å². The highest BCUT2D eigenvalue weighted by atomic mass is 16.3. The summed E-state index contributed by atoms with van der Waals surface area (Å²) in [6.07, 6.45) is 3.53. The summed E-state index contributed by atoms with van der Waals surface area (Å²) in [5.74, 6) is -0.989. The van der Waals surface area contributed by atoms with Gasteiger partial charge >= 0.3 is 0 Å². The van der Waals surface area contributed by atoms with E-state index in [1.54, 1.807) is 60.7 Å². The molecule has 3 amide bonds. The van der Waals surface area contributed by atoms with Crippen LogP contribution in [0, 0.1) is 0 Å². The maximum atomic E-state index is 13.3. The molecule has 0 aliphatic heterocycles. The average molecular weight is 522 g/mol. The van der Waals surface area contributed by atoms with Crippen LogP contribution in [-0.2, 0) is 17.8 Å². The second kappa shape index (κ2) is 11.4. The Balaban J connectivity index is 1.25. The highest BCUT2D eigenvalue weighted by Crippen LogP contribution is 2.20. The first-order valence-electron chi connectivity index (χ1n) is 12.4. The average Bonchev–Trinajstić information content (AvgIpc) is 3.64. The molecular weight excluding hydrogens is 494 g/mol. The molecule has 0 saturated carbocycles. The van der Waals surface area contributed by atoms with Crippen LogP contribution in [0.25, 0.3) is 10.9 Å². The zero-order valence-electron chi connectivity index (χ0n) is 20.9. The Morgan fingerprint density at radius 1 is 0.872 bits per heavy atom. The molecule has 196 valence electrons. The fourth-order valence-corrected chi connectivity index (χ4v) is 4.26. The summed E-state index contributed by atoms with van der Waals surface area (Å²) in [7, 11) is 0. The summed E-state index contributed by atoms with van der Waals surface area (Å²) < 4.78 is 5.20. The number of nitrogens with two attached hydrogens (primary N) is 1. The van der Waals surface area contributed by atoms with Crippen molar-refractivity contribution >= 4 is 40.0 Å². The Labute approximate surface area is 224 Å². The molecule has 0 aliphatic rings. The number of para-hydroxylation sites is 3. The van der Waals surface area contributed by atoms with E-state index in [-0.39, 0.29) is 30.5 Å². The maximum Gasteiger partial charge on any atom is 0.287 e. The molecule has 0 unspecified atom stereocenters. The van der Waals surface area contributed by atoms with Gasteiger partial charge in [0, 0.05) is 35.6 Å². The molecule has 9 nitrogen and oxygen atoms in total. The first-order valence-corrected chi connectivity index (χ1v) is 12.4. The number of rotatable bonds is 9. The van der Waals surface area contributed by atoms with Crippen molar-refractivity contribution in [2.45, 2.75) is 19.0 Å². The number of hydrogen-bond donors (Lipinski definition) is 5. The summed E-state index contributed by atoms with van der Waals surface area (Å²) in [5, 5.41) is 9.45. The summed E-state index contributed by atoms with van der Waals surface area (Å²) in [5.41, 5.74) is 10.0. The summed E-state index contributed by atoms with van der Waals surface area (Å²) >= 11 is 0. The summed E-state index contributed by atoms with van der Waals surface area (Å²) in [4.78, 5) is 41.7. The van der Waals surface area contributed by atoms with Crippen LogP contribution in [0.2, 0.25) is 0 Å². The van der Waals surface area contributed by atoms with Gasteiger partial charge < -0.3 is 31.1 Å². The molecule has 3 aromatic carbocycles. The van der Waals surface area contributed by atoms with Crippen LogP contribution < -0.4 is 21.7 Å². The number of aromatic amines is 1. The van der Waals surface area contributed by atoms with Crippen molar-refractivity contribution in [2.24, 2.45) is 0 Å². The minimum absolute atomic E-state index is 0.123. The van der Waals surface area contributed by atoms with Gasteiger partial charge in [-0.3, -0.25) is 14.4 Å². The second-order valence-corrected chi connectivity index (χ2v) is 9.02. The molecule has 9 heteroatoms. The van der Waals surface area contributed by atoms with Crippen molar-refractivity contribution < 1.29 is 18.8 Å². The third kappa shape index (κ3) is 5.99. The smallest absolute Gasteiger partial charge is 0.287 e. The van der Waals surface area contributed by atoms with Gasteiger partial charge in [0.05, 0.1) is 17.6 Å². The molecule has 0 bridgehead atoms. The molecule has 0 spiro atoms. The quantitative estimate of drug-likeness (QED) is 0.184. The predicted octanol–water partition coefficient (Wildman–Crippen LogP) is 4.25. The van der Waals surface area contributed by atoms with Crippen molar-refractivity contribution in [1.82, 2.24) is 15.6 Å². The highest BCUT2D eigenvalue weighted by molar-refractivity contribution is 6.05. The van der Waals surface area contributed by atoms with Crippen LogP contribution in [0.1, 0.15) is 32.0 Å². The van der Waals surface area contributed by atoms with Gasteiger partial charge in [0.25, 0.3) is 11.8 Å². The van der Waals surface area contributed by atoms with Gasteiger partial charge in [-0.1, -0.05) is 42.5 Å². The van der Waals surface area contributed by atoms with Crippen LogP contribution in [0.4, 0.5) is 11.4 Å². The van der Waals surface area contributed by atoms with E-state index < -0.39 is 11.9 Å². The van der Waals surface area contributed by atoms with Crippen molar-refractivity contribution in [3.8, 4) is 0 Å². The second-order valence-electron chi connectivity index (χ2n) is 9.02. The van der Waals surface area contributed by atoms with Crippen molar-refractivity contribution in [3.63, 3.8) is 0 Å². The van der Waals surface area contributed by atoms with E-state index in [0.717, 1.165) is 22.0 Å². The number of benzene rings is 3. The first-order chi connectivity index (χ1) is 19.0. The number of H-pyrrole nitrogens is 1. The van der Waals surface area contributed by atoms with Gasteiger partial charge in [-0.05, 0) is 53.6 Å². The number of nitrogen functional groups attached to an aromatic ring is 1. The van der Waals surface area contributed by atoms with E-state index in [4.69, 9.17) is 10.2 Å². The van der Waals surface area contributed by atoms with E-state index in [0.29, 0.717) is 16.9 Å². The number of amides is 3. The zero-order chi connectivity index (χ0) is 27.2. The zero-order valence-corrected chi connectivity index (χ0v) is 20.9. The Morgan fingerprint density at radius 2 is 1.64 bits per heavy atom. The molecule has 5 aromatic rings. The lowest BCUT2D eigenvalue weighted by Crippen LogP contribution is -2.47. The molecule has 0 aliphatic carbocycles. The van der Waals surface area contributed by atoms with Gasteiger partial charge in [-0.2, -0.15) is 0 Å². The lowest BCUT2D eigenvalue weighted by atomic mass is 10.0. The third-order valence-electron chi connectivity index (χ3n) is 6.36. The topological polar surface area (TPSA) is 142 Å². The largest absolute Gasteiger partial charge is 0.459 e. The van der Waals surface area contributed by atoms with E-state index >= 15 is 0 Å². The number of furan rings is 1. The Kier molecular flexibility index (Phi) is 7.40. The van der Waals surface area contributed by atoms with Crippen LogP contribution >= 0.6 is 0 Å². The monoisotopic (exact) mass is 521 g/mol. The lowest BCUT2D eigenvalue weighted by molar-refractivity contribution is -0.123. The Morgan fingerprint density at radius 3 is 2.41 bits per heavy atom. The SMILES string of the molecule is Nc1ccccc1NC(=O)c1ccc(CNC(=O)[C@H](Cc2c[nH]c3ccccc23)NC(=O)c2ccco2)cc1. The van der Waals surface area contributed by atoms with Gasteiger partial charge in [-0.15, -0.1) is 0 Å². The molecule has 0 saturated heterocycles. The number of carbonyl (C=O) groups excluding carboxylic acids is 3. The van der Waals surface area contributed by atoms with Crippen molar-refractivity contribution in [1.29, 1.82) is 0 Å². The van der Waals surface area contributed by atoms with Crippen LogP contribution in [0.15, 0.2) is 102 Å². The number of nitrogens with one attached hydrogen (secondary N) is 4. The first kappa shape index (κ1) is 25.3. The van der Waals surface area contributed by atoms with E-state index in [9.17, 15) is 14.4 Å². The summed E-state index contributed by atoms with van der Waals surface area (Å²) in [6, 6.07) is 24.0. The Hall–Kier alpha value is -5.31. The third-order valence-corrected chi connectivity index (χ3v) is 6.36. The standard InChI is InChI=1S/C30H27N5O4/c31-23-7-2-4-9-25(23)34-28(36)20-13-11-19(12-14-20)17-33-29(37)26(35-30(38)27-10-5-15-39-27)16-21-18-32-24-8-3-1-6-22(21)24/h1-15,18,26,32H,16-17,31H2,(H,33,37)(H,34,36)(H,35,38)/t26-/m0/s1. The molecule has 5 rings (SSSR count). The van der Waals surface area contributed by atoms with Crippen LogP contribution in [0.5, 0.6) is 0 Å². The lowest BCUT2D eigenvalue weighted by Gasteiger charge is -2.18. The number of aromatic nitrogens is 1. The molecule has 0 fully saturated rings. The fourth-order valence-electron chi connectivity index (χ4n) is 4.26. The molecular formula is C30H27N5O4. The fraction of sp³-hybridized carbons (Fsp3) is 0.100. The van der Waals surface area contributed by atoms with Gasteiger partial charge in [0.2, 0.25) is 5.91 Å². The minimum atomic E-state index is -0.844. The van der Waals surface area contributed by atoms with E-state index in [2.05, 4.69) is 20.9 Å². The van der Waals surface area contributed by atoms with Crippen molar-refractivity contribution in [3.05, 3.63) is 120 Å². The highest BCUT2D eigenvalue weighted by Gasteiger charge is 2.24. The van der Waals surface area contributed by atoms with E-state index in [1.165, 1.54) is 6.26 Å². The van der Waals surface area contributed by atoms with E-state index in [1.807, 2.05) is 30.5 Å². The number of anilines is 2. The normalized spacial score (nSPS) is 11.6. The number of fused-ring (bicyclic) bond motifs is 1. The molecule has 2 aromatic heterocycles. The van der Waals surface area contributed by atoms with Crippen molar-refractivity contribution in [2.75, 3.05) is 11.1 Å². The Bertz CT molecular complexity index is 1610. The molecule has 1 atom stereocenters. The van der Waals surface area contributed by atoms with Gasteiger partial charge in [-0.25, -0.2) is 0 Å². The molecule has 0 radical (unpaired) electrons. The summed E-state index contributed by atoms with van der Waals surface area (Å²) in [6.45, 7) is 0.216. The van der Waals surface area contributed by atoms with Gasteiger partial charge in [0.1, 0.15) is 6.04 Å². The molecule has 6 N–H and O–H groups in total. The van der Waals surface area contributed by atoms with Gasteiger partial charge in [0.15, 0.2) is 5.76 Å². The molecule has 2 heterocycles. The molecule has 39 heavy (non-hydrogen) atoms. The number of carbonyl (C=O) groups is 3. The predicted molar refractivity (Wildman–Crippen MR) is 149 cm³/mol. The maximum absolute atomic E-state index is 13.3. The van der Waals surface area contributed by atoms with Crippen LogP contribution in [0.3, 0.4) is 0 Å². The minimum Gasteiger partial charge on any atom is -0.459 e. The number of hydrogen-bond acceptors (Lipinski definition) is 5.